The summed E-state index contributed by atoms with van der Waals surface area (Å²) < 4.78 is 36.7. The molecule has 23 heavy (non-hydrogen) atoms. The maximum absolute atomic E-state index is 12.2. The van der Waals surface area contributed by atoms with Crippen molar-refractivity contribution in [2.24, 2.45) is 0 Å². The molecule has 3 atom stereocenters. The fourth-order valence-corrected chi connectivity index (χ4v) is 3.78. The molecular weight excluding hydrogens is 311 g/mol. The zero-order valence-electron chi connectivity index (χ0n) is 13.5. The van der Waals surface area contributed by atoms with Crippen LogP contribution in [0.2, 0.25) is 0 Å². The van der Waals surface area contributed by atoms with Crippen molar-refractivity contribution < 1.29 is 22.8 Å². The van der Waals surface area contributed by atoms with Crippen LogP contribution in [0, 0.1) is 0 Å². The van der Waals surface area contributed by atoms with Gasteiger partial charge in [-0.05, 0) is 39.2 Å². The lowest BCUT2D eigenvalue weighted by Crippen LogP contribution is -2.54. The van der Waals surface area contributed by atoms with Crippen LogP contribution in [0.3, 0.4) is 0 Å². The van der Waals surface area contributed by atoms with Gasteiger partial charge in [-0.1, -0.05) is 0 Å². The van der Waals surface area contributed by atoms with Crippen molar-refractivity contribution >= 4 is 11.8 Å². The molecule has 0 aromatic heterocycles. The minimum Gasteiger partial charge on any atom is -0.346 e. The molecule has 5 nitrogen and oxygen atoms in total. The SMILES string of the molecule is CC(=O)N1CCC[C@@H]1[C@H]1CCCN1[C@H](C)C(=O)NCC(F)(F)F. The van der Waals surface area contributed by atoms with Crippen molar-refractivity contribution in [2.75, 3.05) is 19.6 Å². The number of halogens is 3. The number of carbonyl (C=O) groups excluding carboxylic acids is 2. The second-order valence-electron chi connectivity index (χ2n) is 6.38. The molecule has 132 valence electrons. The maximum Gasteiger partial charge on any atom is 0.405 e. The second kappa shape index (κ2) is 7.07. The van der Waals surface area contributed by atoms with Gasteiger partial charge in [0.1, 0.15) is 6.54 Å². The predicted octanol–water partition coefficient (Wildman–Crippen LogP) is 1.53. The molecule has 0 aromatic carbocycles. The van der Waals surface area contributed by atoms with Gasteiger partial charge in [-0.15, -0.1) is 0 Å². The van der Waals surface area contributed by atoms with Gasteiger partial charge in [0.2, 0.25) is 11.8 Å². The fraction of sp³-hybridized carbons (Fsp3) is 0.867. The van der Waals surface area contributed by atoms with E-state index in [1.165, 1.54) is 6.92 Å². The molecule has 0 radical (unpaired) electrons. The smallest absolute Gasteiger partial charge is 0.346 e. The van der Waals surface area contributed by atoms with Crippen molar-refractivity contribution in [3.63, 3.8) is 0 Å². The van der Waals surface area contributed by atoms with Gasteiger partial charge in [-0.3, -0.25) is 14.5 Å². The number of alkyl halides is 3. The fourth-order valence-electron chi connectivity index (χ4n) is 3.78. The number of hydrogen-bond donors (Lipinski definition) is 1. The lowest BCUT2D eigenvalue weighted by molar-refractivity contribution is -0.142. The number of amides is 2. The lowest BCUT2D eigenvalue weighted by Gasteiger charge is -2.37. The Labute approximate surface area is 134 Å². The molecular formula is C15H24F3N3O2. The van der Waals surface area contributed by atoms with Gasteiger partial charge in [0.05, 0.1) is 6.04 Å². The summed E-state index contributed by atoms with van der Waals surface area (Å²) in [5, 5.41) is 1.96. The zero-order valence-corrected chi connectivity index (χ0v) is 13.5. The first-order valence-corrected chi connectivity index (χ1v) is 8.08. The average Bonchev–Trinajstić information content (AvgIpc) is 3.10. The van der Waals surface area contributed by atoms with Crippen LogP contribution in [0.4, 0.5) is 13.2 Å². The number of likely N-dealkylation sites (tertiary alicyclic amines) is 2. The van der Waals surface area contributed by atoms with Crippen molar-refractivity contribution in [3.8, 4) is 0 Å². The summed E-state index contributed by atoms with van der Waals surface area (Å²) in [6.07, 6.45) is -0.827. The molecule has 2 saturated heterocycles. The maximum atomic E-state index is 12.2. The molecule has 0 spiro atoms. The normalized spacial score (nSPS) is 27.3. The standard InChI is InChI=1S/C15H24F3N3O2/c1-10(14(23)19-9-15(16,17)18)20-7-3-5-12(20)13-6-4-8-21(13)11(2)22/h10,12-13H,3-9H2,1-2H3,(H,19,23)/t10-,12-,13-/m1/s1. The number of carbonyl (C=O) groups is 2. The Kier molecular flexibility index (Phi) is 5.54. The molecule has 1 N–H and O–H groups in total. The molecule has 2 aliphatic rings. The Morgan fingerprint density at radius 1 is 1.17 bits per heavy atom. The van der Waals surface area contributed by atoms with E-state index in [0.717, 1.165) is 32.2 Å². The summed E-state index contributed by atoms with van der Waals surface area (Å²) in [5.41, 5.74) is 0. The molecule has 8 heteroatoms. The van der Waals surface area contributed by atoms with E-state index in [9.17, 15) is 22.8 Å². The molecule has 0 aromatic rings. The average molecular weight is 335 g/mol. The van der Waals surface area contributed by atoms with Gasteiger partial charge in [-0.2, -0.15) is 13.2 Å². The Morgan fingerprint density at radius 2 is 1.78 bits per heavy atom. The van der Waals surface area contributed by atoms with E-state index in [1.54, 1.807) is 6.92 Å². The first-order chi connectivity index (χ1) is 10.7. The van der Waals surface area contributed by atoms with Crippen LogP contribution in [0.1, 0.15) is 39.5 Å². The van der Waals surface area contributed by atoms with E-state index < -0.39 is 24.7 Å². The molecule has 2 fully saturated rings. The van der Waals surface area contributed by atoms with Gasteiger partial charge in [0, 0.05) is 25.6 Å². The summed E-state index contributed by atoms with van der Waals surface area (Å²) in [7, 11) is 0. The van der Waals surface area contributed by atoms with Crippen molar-refractivity contribution in [1.29, 1.82) is 0 Å². The highest BCUT2D eigenvalue weighted by atomic mass is 19.4. The van der Waals surface area contributed by atoms with Crippen molar-refractivity contribution in [1.82, 2.24) is 15.1 Å². The van der Waals surface area contributed by atoms with Crippen molar-refractivity contribution in [2.45, 2.75) is 63.8 Å². The monoisotopic (exact) mass is 335 g/mol. The molecule has 2 aliphatic heterocycles. The third kappa shape index (κ3) is 4.37. The quantitative estimate of drug-likeness (QED) is 0.848. The molecule has 0 saturated carbocycles. The third-order valence-electron chi connectivity index (χ3n) is 4.83. The van der Waals surface area contributed by atoms with Gasteiger partial charge < -0.3 is 10.2 Å². The van der Waals surface area contributed by atoms with Crippen LogP contribution in [0.15, 0.2) is 0 Å². The first kappa shape index (κ1) is 18.0. The van der Waals surface area contributed by atoms with Gasteiger partial charge in [-0.25, -0.2) is 0 Å². The minimum atomic E-state index is -4.41. The highest BCUT2D eigenvalue weighted by molar-refractivity contribution is 5.81. The topological polar surface area (TPSA) is 52.7 Å². The molecule has 2 heterocycles. The van der Waals surface area contributed by atoms with Gasteiger partial charge >= 0.3 is 6.18 Å². The second-order valence-corrected chi connectivity index (χ2v) is 6.38. The van der Waals surface area contributed by atoms with E-state index in [0.29, 0.717) is 6.54 Å². The number of rotatable bonds is 4. The van der Waals surface area contributed by atoms with Crippen molar-refractivity contribution in [3.05, 3.63) is 0 Å². The number of nitrogens with one attached hydrogen (secondary N) is 1. The Morgan fingerprint density at radius 3 is 2.39 bits per heavy atom. The highest BCUT2D eigenvalue weighted by Crippen LogP contribution is 2.31. The van der Waals surface area contributed by atoms with Gasteiger partial charge in [0.25, 0.3) is 0 Å². The molecule has 2 rings (SSSR count). The lowest BCUT2D eigenvalue weighted by atomic mass is 10.0. The van der Waals surface area contributed by atoms with Crippen LogP contribution in [0.5, 0.6) is 0 Å². The van der Waals surface area contributed by atoms with E-state index in [4.69, 9.17) is 0 Å². The Bertz CT molecular complexity index is 456. The van der Waals surface area contributed by atoms with E-state index in [-0.39, 0.29) is 18.0 Å². The van der Waals surface area contributed by atoms with Crippen LogP contribution in [-0.4, -0.2) is 65.6 Å². The Hall–Kier alpha value is -1.31. The summed E-state index contributed by atoms with van der Waals surface area (Å²) in [6, 6.07) is -0.514. The first-order valence-electron chi connectivity index (χ1n) is 8.08. The van der Waals surface area contributed by atoms with Crippen LogP contribution in [0.25, 0.3) is 0 Å². The van der Waals surface area contributed by atoms with E-state index in [2.05, 4.69) is 0 Å². The minimum absolute atomic E-state index is 0.0218. The predicted molar refractivity (Wildman–Crippen MR) is 78.7 cm³/mol. The number of nitrogens with zero attached hydrogens (tertiary/aromatic N) is 2. The molecule has 0 aliphatic carbocycles. The van der Waals surface area contributed by atoms with Crippen LogP contribution in [-0.2, 0) is 9.59 Å². The van der Waals surface area contributed by atoms with Gasteiger partial charge in [0.15, 0.2) is 0 Å². The Balaban J connectivity index is 2.00. The summed E-state index contributed by atoms with van der Waals surface area (Å²) in [6.45, 7) is 3.26. The van der Waals surface area contributed by atoms with E-state index >= 15 is 0 Å². The summed E-state index contributed by atoms with van der Waals surface area (Å²) in [4.78, 5) is 27.6. The molecule has 2 amide bonds. The largest absolute Gasteiger partial charge is 0.405 e. The zero-order chi connectivity index (χ0) is 17.2. The molecule has 0 unspecified atom stereocenters. The highest BCUT2D eigenvalue weighted by Gasteiger charge is 2.42. The van der Waals surface area contributed by atoms with Crippen LogP contribution < -0.4 is 5.32 Å². The summed E-state index contributed by atoms with van der Waals surface area (Å²) in [5.74, 6) is -0.588. The third-order valence-corrected chi connectivity index (χ3v) is 4.83. The molecule has 0 bridgehead atoms. The number of hydrogen-bond acceptors (Lipinski definition) is 3. The van der Waals surface area contributed by atoms with E-state index in [1.807, 2.05) is 15.1 Å². The summed E-state index contributed by atoms with van der Waals surface area (Å²) >= 11 is 0. The van der Waals surface area contributed by atoms with Crippen LogP contribution >= 0.6 is 0 Å².